The van der Waals surface area contributed by atoms with E-state index in [0.29, 0.717) is 11.4 Å². The quantitative estimate of drug-likeness (QED) is 0.543. The first-order chi connectivity index (χ1) is 12.2. The van der Waals surface area contributed by atoms with E-state index < -0.39 is 0 Å². The Morgan fingerprint density at radius 2 is 1.84 bits per heavy atom. The predicted molar refractivity (Wildman–Crippen MR) is 100 cm³/mol. The van der Waals surface area contributed by atoms with Gasteiger partial charge in [-0.05, 0) is 54.4 Å². The number of hydrogen-bond donors (Lipinski definition) is 1. The molecule has 0 radical (unpaired) electrons. The summed E-state index contributed by atoms with van der Waals surface area (Å²) in [6, 6.07) is 13.6. The molecule has 0 aliphatic rings. The molecular weight excluding hydrogens is 332 g/mol. The lowest BCUT2D eigenvalue weighted by molar-refractivity contribution is 0.101. The maximum absolute atomic E-state index is 11.5. The molecule has 0 saturated heterocycles. The van der Waals surface area contributed by atoms with Gasteiger partial charge in [-0.1, -0.05) is 17.4 Å². The van der Waals surface area contributed by atoms with E-state index in [0.717, 1.165) is 26.5 Å². The van der Waals surface area contributed by atoms with Gasteiger partial charge in [-0.2, -0.15) is 0 Å². The van der Waals surface area contributed by atoms with Gasteiger partial charge in [-0.3, -0.25) is 9.78 Å². The Balaban J connectivity index is 1.65. The van der Waals surface area contributed by atoms with Crippen LogP contribution in [-0.4, -0.2) is 20.7 Å². The largest absolute Gasteiger partial charge is 0.316 e. The van der Waals surface area contributed by atoms with Crippen molar-refractivity contribution >= 4 is 38.3 Å². The van der Waals surface area contributed by atoms with Crippen molar-refractivity contribution in [1.82, 2.24) is 15.0 Å². The van der Waals surface area contributed by atoms with Crippen molar-refractivity contribution in [2.45, 2.75) is 6.92 Å². The predicted octanol–water partition coefficient (Wildman–Crippen LogP) is 4.70. The van der Waals surface area contributed by atoms with E-state index in [2.05, 4.69) is 32.4 Å². The SMILES string of the molecule is CC(=O)c1ccnc(Nc2nc3ccc(-c4ccncc4)cc3s2)c1. The summed E-state index contributed by atoms with van der Waals surface area (Å²) in [4.78, 5) is 24.4. The molecule has 0 amide bonds. The molecule has 3 aromatic heterocycles. The number of fused-ring (bicyclic) bond motifs is 1. The van der Waals surface area contributed by atoms with Crippen LogP contribution in [0.1, 0.15) is 17.3 Å². The van der Waals surface area contributed by atoms with Crippen molar-refractivity contribution in [3.8, 4) is 11.1 Å². The topological polar surface area (TPSA) is 67.8 Å². The average molecular weight is 346 g/mol. The van der Waals surface area contributed by atoms with Gasteiger partial charge in [0.25, 0.3) is 0 Å². The number of Topliss-reactive ketones (excluding diaryl/α,β-unsaturated/α-hetero) is 1. The zero-order valence-electron chi connectivity index (χ0n) is 13.4. The lowest BCUT2D eigenvalue weighted by Crippen LogP contribution is -1.97. The molecule has 0 aliphatic carbocycles. The summed E-state index contributed by atoms with van der Waals surface area (Å²) in [6.07, 6.45) is 5.19. The minimum Gasteiger partial charge on any atom is -0.316 e. The van der Waals surface area contributed by atoms with Gasteiger partial charge >= 0.3 is 0 Å². The summed E-state index contributed by atoms with van der Waals surface area (Å²) >= 11 is 1.55. The number of carbonyl (C=O) groups is 1. The molecule has 0 spiro atoms. The Hall–Kier alpha value is -3.12. The number of carbonyl (C=O) groups excluding carboxylic acids is 1. The third-order valence-electron chi connectivity index (χ3n) is 3.80. The van der Waals surface area contributed by atoms with Crippen LogP contribution in [0, 0.1) is 0 Å². The van der Waals surface area contributed by atoms with Crippen LogP contribution in [0.3, 0.4) is 0 Å². The fraction of sp³-hybridized carbons (Fsp3) is 0.0526. The monoisotopic (exact) mass is 346 g/mol. The zero-order valence-corrected chi connectivity index (χ0v) is 14.2. The van der Waals surface area contributed by atoms with Crippen LogP contribution >= 0.6 is 11.3 Å². The number of nitrogens with zero attached hydrogens (tertiary/aromatic N) is 3. The van der Waals surface area contributed by atoms with Crippen molar-refractivity contribution < 1.29 is 4.79 Å². The molecular formula is C19H14N4OS. The molecule has 5 nitrogen and oxygen atoms in total. The summed E-state index contributed by atoms with van der Waals surface area (Å²) in [5, 5.41) is 3.93. The number of pyridine rings is 2. The van der Waals surface area contributed by atoms with Crippen LogP contribution in [-0.2, 0) is 0 Å². The van der Waals surface area contributed by atoms with Gasteiger partial charge in [0.2, 0.25) is 0 Å². The normalized spacial score (nSPS) is 10.8. The second-order valence-electron chi connectivity index (χ2n) is 5.55. The third kappa shape index (κ3) is 3.25. The summed E-state index contributed by atoms with van der Waals surface area (Å²) < 4.78 is 1.08. The second kappa shape index (κ2) is 6.41. The highest BCUT2D eigenvalue weighted by Gasteiger charge is 2.08. The minimum absolute atomic E-state index is 0.0109. The molecule has 4 rings (SSSR count). The van der Waals surface area contributed by atoms with E-state index >= 15 is 0 Å². The number of rotatable bonds is 4. The van der Waals surface area contributed by atoms with Gasteiger partial charge in [-0.15, -0.1) is 0 Å². The number of thiazole rings is 1. The fourth-order valence-electron chi connectivity index (χ4n) is 2.53. The molecule has 0 bridgehead atoms. The number of ketones is 1. The van der Waals surface area contributed by atoms with Gasteiger partial charge in [0, 0.05) is 24.2 Å². The van der Waals surface area contributed by atoms with Crippen molar-refractivity contribution in [2.24, 2.45) is 0 Å². The standard InChI is InChI=1S/C19H14N4OS/c1-12(24)14-6-9-21-18(11-14)23-19-22-16-3-2-15(10-17(16)25-19)13-4-7-20-8-5-13/h2-11H,1H3,(H,21,22,23). The van der Waals surface area contributed by atoms with Crippen LogP contribution in [0.2, 0.25) is 0 Å². The highest BCUT2D eigenvalue weighted by Crippen LogP contribution is 2.31. The van der Waals surface area contributed by atoms with E-state index in [1.807, 2.05) is 18.2 Å². The lowest BCUT2D eigenvalue weighted by atomic mass is 10.1. The molecule has 4 aromatic rings. The molecule has 0 aliphatic heterocycles. The number of nitrogens with one attached hydrogen (secondary N) is 1. The van der Waals surface area contributed by atoms with Crippen LogP contribution in [0.15, 0.2) is 61.1 Å². The lowest BCUT2D eigenvalue weighted by Gasteiger charge is -2.02. The van der Waals surface area contributed by atoms with E-state index in [4.69, 9.17) is 0 Å². The van der Waals surface area contributed by atoms with E-state index in [-0.39, 0.29) is 5.78 Å². The zero-order chi connectivity index (χ0) is 17.2. The van der Waals surface area contributed by atoms with Crippen LogP contribution in [0.5, 0.6) is 0 Å². The molecule has 0 unspecified atom stereocenters. The van der Waals surface area contributed by atoms with Gasteiger partial charge < -0.3 is 5.32 Å². The van der Waals surface area contributed by atoms with Crippen molar-refractivity contribution in [1.29, 1.82) is 0 Å². The molecule has 25 heavy (non-hydrogen) atoms. The fourth-order valence-corrected chi connectivity index (χ4v) is 3.44. The van der Waals surface area contributed by atoms with Crippen molar-refractivity contribution in [2.75, 3.05) is 5.32 Å². The second-order valence-corrected chi connectivity index (χ2v) is 6.58. The van der Waals surface area contributed by atoms with E-state index in [9.17, 15) is 4.79 Å². The molecule has 0 atom stereocenters. The maximum atomic E-state index is 11.5. The molecule has 1 N–H and O–H groups in total. The summed E-state index contributed by atoms with van der Waals surface area (Å²) in [5.74, 6) is 0.623. The molecule has 6 heteroatoms. The Bertz CT molecular complexity index is 1060. The summed E-state index contributed by atoms with van der Waals surface area (Å²) in [5.41, 5.74) is 3.80. The highest BCUT2D eigenvalue weighted by atomic mass is 32.1. The Morgan fingerprint density at radius 1 is 1.00 bits per heavy atom. The first-order valence-corrected chi connectivity index (χ1v) is 8.56. The van der Waals surface area contributed by atoms with Gasteiger partial charge in [0.05, 0.1) is 10.2 Å². The number of aromatic nitrogens is 3. The van der Waals surface area contributed by atoms with Crippen LogP contribution in [0.4, 0.5) is 10.9 Å². The van der Waals surface area contributed by atoms with Gasteiger partial charge in [0.15, 0.2) is 10.9 Å². The van der Waals surface area contributed by atoms with E-state index in [1.54, 1.807) is 42.1 Å². The molecule has 3 heterocycles. The smallest absolute Gasteiger partial charge is 0.189 e. The number of hydrogen-bond acceptors (Lipinski definition) is 6. The molecule has 122 valence electrons. The number of anilines is 2. The third-order valence-corrected chi connectivity index (χ3v) is 4.74. The molecule has 1 aromatic carbocycles. The molecule has 0 saturated carbocycles. The van der Waals surface area contributed by atoms with E-state index in [1.165, 1.54) is 6.92 Å². The van der Waals surface area contributed by atoms with Crippen molar-refractivity contribution in [3.05, 3.63) is 66.6 Å². The Morgan fingerprint density at radius 3 is 2.64 bits per heavy atom. The first-order valence-electron chi connectivity index (χ1n) is 7.74. The Labute approximate surface area is 148 Å². The molecule has 0 fully saturated rings. The van der Waals surface area contributed by atoms with Crippen LogP contribution in [0.25, 0.3) is 21.3 Å². The van der Waals surface area contributed by atoms with Gasteiger partial charge in [0.1, 0.15) is 5.82 Å². The highest BCUT2D eigenvalue weighted by molar-refractivity contribution is 7.22. The number of benzene rings is 1. The minimum atomic E-state index is 0.0109. The first kappa shape index (κ1) is 15.4. The Kier molecular flexibility index (Phi) is 3.95. The maximum Gasteiger partial charge on any atom is 0.189 e. The average Bonchev–Trinajstić information content (AvgIpc) is 3.04. The van der Waals surface area contributed by atoms with Crippen LogP contribution < -0.4 is 5.32 Å². The summed E-state index contributed by atoms with van der Waals surface area (Å²) in [7, 11) is 0. The van der Waals surface area contributed by atoms with Gasteiger partial charge in [-0.25, -0.2) is 9.97 Å². The van der Waals surface area contributed by atoms with Crippen molar-refractivity contribution in [3.63, 3.8) is 0 Å². The summed E-state index contributed by atoms with van der Waals surface area (Å²) in [6.45, 7) is 1.54.